The molecule has 1 rings (SSSR count). The van der Waals surface area contributed by atoms with E-state index < -0.39 is 0 Å². The van der Waals surface area contributed by atoms with Gasteiger partial charge in [-0.3, -0.25) is 4.79 Å². The number of halogens is 1. The van der Waals surface area contributed by atoms with Gasteiger partial charge in [0.15, 0.2) is 0 Å². The third kappa shape index (κ3) is 3.72. The first-order chi connectivity index (χ1) is 7.13. The molecule has 0 radical (unpaired) electrons. The van der Waals surface area contributed by atoms with E-state index in [0.29, 0.717) is 6.42 Å². The third-order valence-electron chi connectivity index (χ3n) is 1.98. The second kappa shape index (κ2) is 5.52. The van der Waals surface area contributed by atoms with E-state index in [2.05, 4.69) is 15.9 Å². The fraction of sp³-hybridized carbons (Fsp3) is 0.273. The van der Waals surface area contributed by atoms with Crippen LogP contribution in [0.3, 0.4) is 0 Å². The van der Waals surface area contributed by atoms with Crippen LogP contribution in [0.1, 0.15) is 5.56 Å². The Morgan fingerprint density at radius 1 is 1.60 bits per heavy atom. The minimum absolute atomic E-state index is 0.0466. The number of nitriles is 1. The smallest absolute Gasteiger partial charge is 0.227 e. The summed E-state index contributed by atoms with van der Waals surface area (Å²) in [4.78, 5) is 13.0. The van der Waals surface area contributed by atoms with Gasteiger partial charge < -0.3 is 4.90 Å². The van der Waals surface area contributed by atoms with Crippen LogP contribution in [0.25, 0.3) is 0 Å². The van der Waals surface area contributed by atoms with Crippen molar-refractivity contribution in [2.45, 2.75) is 6.42 Å². The maximum atomic E-state index is 11.6. The minimum atomic E-state index is -0.0466. The van der Waals surface area contributed by atoms with Crippen molar-refractivity contribution in [2.24, 2.45) is 0 Å². The topological polar surface area (TPSA) is 44.1 Å². The van der Waals surface area contributed by atoms with Gasteiger partial charge in [-0.2, -0.15) is 5.26 Å². The Hall–Kier alpha value is -1.34. The van der Waals surface area contributed by atoms with Crippen molar-refractivity contribution in [3.05, 3.63) is 34.3 Å². The molecule has 1 amide bonds. The molecule has 1 aromatic rings. The lowest BCUT2D eigenvalue weighted by Gasteiger charge is -2.12. The van der Waals surface area contributed by atoms with Gasteiger partial charge in [0.25, 0.3) is 0 Å². The number of rotatable bonds is 3. The van der Waals surface area contributed by atoms with E-state index in [4.69, 9.17) is 5.26 Å². The van der Waals surface area contributed by atoms with Crippen LogP contribution in [0.5, 0.6) is 0 Å². The summed E-state index contributed by atoms with van der Waals surface area (Å²) >= 11 is 3.34. The number of amides is 1. The molecule has 0 saturated carbocycles. The van der Waals surface area contributed by atoms with Gasteiger partial charge in [-0.05, 0) is 17.7 Å². The Morgan fingerprint density at radius 2 is 2.33 bits per heavy atom. The molecule has 1 aromatic carbocycles. The summed E-state index contributed by atoms with van der Waals surface area (Å²) in [5.74, 6) is -0.0466. The summed E-state index contributed by atoms with van der Waals surface area (Å²) in [6, 6.07) is 9.53. The van der Waals surface area contributed by atoms with Crippen molar-refractivity contribution in [3.8, 4) is 6.07 Å². The standard InChI is InChI=1S/C11H11BrN2O/c1-14(6-5-13)11(15)8-9-3-2-4-10(12)7-9/h2-4,7H,6,8H2,1H3. The molecule has 0 heterocycles. The van der Waals surface area contributed by atoms with Crippen molar-refractivity contribution >= 4 is 21.8 Å². The van der Waals surface area contributed by atoms with E-state index in [1.807, 2.05) is 30.3 Å². The van der Waals surface area contributed by atoms with Crippen LogP contribution in [0.15, 0.2) is 28.7 Å². The molecule has 0 unspecified atom stereocenters. The Balaban J connectivity index is 2.63. The first-order valence-corrected chi connectivity index (χ1v) is 5.28. The molecule has 0 saturated heterocycles. The van der Waals surface area contributed by atoms with Gasteiger partial charge in [0.05, 0.1) is 12.5 Å². The summed E-state index contributed by atoms with van der Waals surface area (Å²) < 4.78 is 0.954. The summed E-state index contributed by atoms with van der Waals surface area (Å²) in [6.07, 6.45) is 0.331. The minimum Gasteiger partial charge on any atom is -0.332 e. The van der Waals surface area contributed by atoms with Crippen LogP contribution >= 0.6 is 15.9 Å². The predicted octanol–water partition coefficient (Wildman–Crippen LogP) is 1.97. The van der Waals surface area contributed by atoms with Crippen molar-refractivity contribution in [3.63, 3.8) is 0 Å². The molecule has 0 atom stereocenters. The van der Waals surface area contributed by atoms with Gasteiger partial charge in [0.1, 0.15) is 6.54 Å². The van der Waals surface area contributed by atoms with Crippen molar-refractivity contribution in [2.75, 3.05) is 13.6 Å². The number of likely N-dealkylation sites (N-methyl/N-ethyl adjacent to an activating group) is 1. The molecule has 0 aliphatic heterocycles. The number of nitrogens with zero attached hydrogens (tertiary/aromatic N) is 2. The van der Waals surface area contributed by atoms with E-state index in [-0.39, 0.29) is 12.5 Å². The molecule has 0 spiro atoms. The highest BCUT2D eigenvalue weighted by Crippen LogP contribution is 2.12. The van der Waals surface area contributed by atoms with Gasteiger partial charge in [0.2, 0.25) is 5.91 Å². The summed E-state index contributed by atoms with van der Waals surface area (Å²) in [5.41, 5.74) is 0.944. The lowest BCUT2D eigenvalue weighted by Crippen LogP contribution is -2.28. The molecule has 4 heteroatoms. The van der Waals surface area contributed by atoms with Crippen LogP contribution in [-0.4, -0.2) is 24.4 Å². The Bertz CT molecular complexity index is 398. The van der Waals surface area contributed by atoms with E-state index in [1.54, 1.807) is 7.05 Å². The molecule has 0 N–H and O–H groups in total. The predicted molar refractivity (Wildman–Crippen MR) is 61.1 cm³/mol. The maximum absolute atomic E-state index is 11.6. The number of carbonyl (C=O) groups excluding carboxylic acids is 1. The fourth-order valence-electron chi connectivity index (χ4n) is 1.15. The van der Waals surface area contributed by atoms with Gasteiger partial charge in [-0.1, -0.05) is 28.1 Å². The molecule has 15 heavy (non-hydrogen) atoms. The zero-order valence-corrected chi connectivity index (χ0v) is 9.99. The Labute approximate surface area is 97.4 Å². The van der Waals surface area contributed by atoms with Gasteiger partial charge >= 0.3 is 0 Å². The van der Waals surface area contributed by atoms with Crippen molar-refractivity contribution < 1.29 is 4.79 Å². The average Bonchev–Trinajstić information content (AvgIpc) is 2.18. The molecule has 0 aromatic heterocycles. The summed E-state index contributed by atoms with van der Waals surface area (Å²) in [6.45, 7) is 0.132. The van der Waals surface area contributed by atoms with E-state index in [1.165, 1.54) is 4.90 Å². The number of benzene rings is 1. The van der Waals surface area contributed by atoms with E-state index in [0.717, 1.165) is 10.0 Å². The van der Waals surface area contributed by atoms with E-state index in [9.17, 15) is 4.79 Å². The van der Waals surface area contributed by atoms with E-state index >= 15 is 0 Å². The van der Waals surface area contributed by atoms with Gasteiger partial charge in [0, 0.05) is 11.5 Å². The monoisotopic (exact) mass is 266 g/mol. The molecular weight excluding hydrogens is 256 g/mol. The second-order valence-electron chi connectivity index (χ2n) is 3.21. The number of hydrogen-bond acceptors (Lipinski definition) is 2. The zero-order chi connectivity index (χ0) is 11.3. The molecule has 0 aliphatic carbocycles. The quantitative estimate of drug-likeness (QED) is 0.786. The number of hydrogen-bond donors (Lipinski definition) is 0. The molecule has 0 fully saturated rings. The molecule has 0 aliphatic rings. The van der Waals surface area contributed by atoms with Crippen LogP contribution in [0.4, 0.5) is 0 Å². The first kappa shape index (κ1) is 11.7. The van der Waals surface area contributed by atoms with Gasteiger partial charge in [-0.15, -0.1) is 0 Å². The normalized spacial score (nSPS) is 9.40. The zero-order valence-electron chi connectivity index (χ0n) is 8.40. The van der Waals surface area contributed by atoms with Crippen LogP contribution in [-0.2, 0) is 11.2 Å². The lowest BCUT2D eigenvalue weighted by molar-refractivity contribution is -0.128. The summed E-state index contributed by atoms with van der Waals surface area (Å²) in [7, 11) is 1.63. The highest BCUT2D eigenvalue weighted by Gasteiger charge is 2.08. The molecule has 78 valence electrons. The average molecular weight is 267 g/mol. The maximum Gasteiger partial charge on any atom is 0.227 e. The number of carbonyl (C=O) groups is 1. The largest absolute Gasteiger partial charge is 0.332 e. The molecular formula is C11H11BrN2O. The molecule has 0 bridgehead atoms. The highest BCUT2D eigenvalue weighted by molar-refractivity contribution is 9.10. The Kier molecular flexibility index (Phi) is 4.32. The first-order valence-electron chi connectivity index (χ1n) is 4.49. The van der Waals surface area contributed by atoms with Crippen molar-refractivity contribution in [1.29, 1.82) is 5.26 Å². The van der Waals surface area contributed by atoms with Crippen LogP contribution in [0.2, 0.25) is 0 Å². The SMILES string of the molecule is CN(CC#N)C(=O)Cc1cccc(Br)c1. The highest BCUT2D eigenvalue weighted by atomic mass is 79.9. The van der Waals surface area contributed by atoms with Crippen molar-refractivity contribution in [1.82, 2.24) is 4.90 Å². The van der Waals surface area contributed by atoms with Crippen LogP contribution in [0, 0.1) is 11.3 Å². The summed E-state index contributed by atoms with van der Waals surface area (Å²) in [5, 5.41) is 8.44. The second-order valence-corrected chi connectivity index (χ2v) is 4.13. The lowest BCUT2D eigenvalue weighted by atomic mass is 10.1. The third-order valence-corrected chi connectivity index (χ3v) is 2.47. The fourth-order valence-corrected chi connectivity index (χ4v) is 1.60. The Morgan fingerprint density at radius 3 is 2.93 bits per heavy atom. The van der Waals surface area contributed by atoms with Crippen LogP contribution < -0.4 is 0 Å². The molecule has 3 nitrogen and oxygen atoms in total. The van der Waals surface area contributed by atoms with Gasteiger partial charge in [-0.25, -0.2) is 0 Å².